The van der Waals surface area contributed by atoms with Crippen LogP contribution in [-0.4, -0.2) is 47.5 Å². The molecule has 0 unspecified atom stereocenters. The van der Waals surface area contributed by atoms with Crippen LogP contribution in [0.15, 0.2) is 21.3 Å². The normalized spacial score (nSPS) is 15.6. The Morgan fingerprint density at radius 1 is 1.00 bits per heavy atom. The van der Waals surface area contributed by atoms with E-state index in [1.807, 2.05) is 20.8 Å². The predicted molar refractivity (Wildman–Crippen MR) is 135 cm³/mol. The third kappa shape index (κ3) is 5.15. The minimum Gasteiger partial charge on any atom is -0.422 e. The average Bonchev–Trinajstić information content (AvgIpc) is 2.83. The molecular weight excluding hydrogens is 450 g/mol. The summed E-state index contributed by atoms with van der Waals surface area (Å²) in [5, 5.41) is 0.871. The number of benzene rings is 1. The minimum absolute atomic E-state index is 0.158. The van der Waals surface area contributed by atoms with Crippen LogP contribution in [0.5, 0.6) is 0 Å². The summed E-state index contributed by atoms with van der Waals surface area (Å²) in [6.07, 6.45) is 5.81. The highest BCUT2D eigenvalue weighted by atomic mass is 28.4. The quantitative estimate of drug-likeness (QED) is 0.182. The molecule has 8 heteroatoms. The number of hydrogen-bond acceptors (Lipinski definition) is 7. The number of Topliss-reactive ketones (excluding diaryl/α,β-unsaturated/α-hetero) is 1. The molecule has 0 bridgehead atoms. The smallest absolute Gasteiger partial charge is 0.422 e. The van der Waals surface area contributed by atoms with Crippen molar-refractivity contribution in [2.24, 2.45) is 0 Å². The Balaban J connectivity index is 1.48. The Morgan fingerprint density at radius 2 is 1.68 bits per heavy atom. The van der Waals surface area contributed by atoms with Gasteiger partial charge in [0.05, 0.1) is 0 Å². The first-order valence-corrected chi connectivity index (χ1v) is 14.8. The zero-order chi connectivity index (χ0) is 24.1. The van der Waals surface area contributed by atoms with E-state index in [2.05, 4.69) is 11.0 Å². The van der Waals surface area contributed by atoms with Crippen molar-refractivity contribution in [3.05, 3.63) is 39.2 Å². The lowest BCUT2D eigenvalue weighted by Gasteiger charge is -2.37. The summed E-state index contributed by atoms with van der Waals surface area (Å²) < 4.78 is 23.5. The number of carbonyl (C=O) groups is 1. The molecule has 4 rings (SSSR count). The van der Waals surface area contributed by atoms with Gasteiger partial charge < -0.3 is 22.6 Å². The second-order valence-corrected chi connectivity index (χ2v) is 11.8. The van der Waals surface area contributed by atoms with Gasteiger partial charge in [0, 0.05) is 62.0 Å². The third-order valence-corrected chi connectivity index (χ3v) is 9.90. The Bertz CT molecular complexity index is 1060. The van der Waals surface area contributed by atoms with Crippen molar-refractivity contribution in [3.63, 3.8) is 0 Å². The fraction of sp³-hybridized carbons (Fsp3) is 0.615. The second kappa shape index (κ2) is 11.2. The minimum atomic E-state index is -2.71. The average molecular weight is 488 g/mol. The molecule has 2 aliphatic rings. The number of carbonyl (C=O) groups excluding carboxylic acids is 1. The van der Waals surface area contributed by atoms with E-state index in [1.165, 1.54) is 11.3 Å². The third-order valence-electron chi connectivity index (χ3n) is 6.75. The van der Waals surface area contributed by atoms with Crippen LogP contribution in [-0.2, 0) is 26.1 Å². The highest BCUT2D eigenvalue weighted by Crippen LogP contribution is 2.39. The number of fused-ring (bicyclic) bond motifs is 2. The first-order chi connectivity index (χ1) is 16.5. The molecule has 0 spiro atoms. The van der Waals surface area contributed by atoms with Crippen molar-refractivity contribution in [1.29, 1.82) is 0 Å². The topological polar surface area (TPSA) is 78.2 Å². The van der Waals surface area contributed by atoms with Gasteiger partial charge in [-0.3, -0.25) is 4.79 Å². The molecule has 0 atom stereocenters. The van der Waals surface area contributed by atoms with Crippen LogP contribution in [0.1, 0.15) is 74.4 Å². The zero-order valence-electron chi connectivity index (χ0n) is 20.7. The summed E-state index contributed by atoms with van der Waals surface area (Å²) >= 11 is 0. The predicted octanol–water partition coefficient (Wildman–Crippen LogP) is 4.89. The molecule has 2 aliphatic heterocycles. The molecule has 0 N–H and O–H groups in total. The van der Waals surface area contributed by atoms with Crippen LogP contribution in [0.3, 0.4) is 0 Å². The Morgan fingerprint density at radius 3 is 2.35 bits per heavy atom. The fourth-order valence-corrected chi connectivity index (χ4v) is 8.09. The van der Waals surface area contributed by atoms with Crippen LogP contribution in [0.4, 0.5) is 5.69 Å². The van der Waals surface area contributed by atoms with E-state index in [9.17, 15) is 9.59 Å². The van der Waals surface area contributed by atoms with Gasteiger partial charge in [-0.2, -0.15) is 0 Å². The monoisotopic (exact) mass is 487 g/mol. The second-order valence-electron chi connectivity index (χ2n) is 9.04. The molecule has 0 fully saturated rings. The number of unbranched alkanes of at least 4 members (excludes halogenated alkanes) is 1. The first kappa shape index (κ1) is 25.1. The lowest BCUT2D eigenvalue weighted by Crippen LogP contribution is -2.45. The van der Waals surface area contributed by atoms with Crippen molar-refractivity contribution in [3.8, 4) is 0 Å². The molecule has 1 aromatic carbocycles. The van der Waals surface area contributed by atoms with Crippen molar-refractivity contribution < 1.29 is 22.5 Å². The number of ketones is 1. The molecule has 1 aromatic heterocycles. The van der Waals surface area contributed by atoms with E-state index in [1.54, 1.807) is 6.07 Å². The molecule has 0 saturated heterocycles. The zero-order valence-corrected chi connectivity index (χ0v) is 21.7. The maximum atomic E-state index is 13.0. The Kier molecular flexibility index (Phi) is 8.24. The molecule has 7 nitrogen and oxygen atoms in total. The van der Waals surface area contributed by atoms with Crippen LogP contribution in [0.2, 0.25) is 6.04 Å². The number of aryl methyl sites for hydroxylation is 2. The first-order valence-electron chi connectivity index (χ1n) is 12.8. The van der Waals surface area contributed by atoms with Crippen LogP contribution < -0.4 is 10.5 Å². The molecule has 34 heavy (non-hydrogen) atoms. The van der Waals surface area contributed by atoms with Crippen LogP contribution in [0.25, 0.3) is 11.0 Å². The number of hydrogen-bond donors (Lipinski definition) is 0. The molecular formula is C26H37NO6Si. The lowest BCUT2D eigenvalue weighted by molar-refractivity contribution is 0.0703. The molecule has 0 aliphatic carbocycles. The maximum absolute atomic E-state index is 13.0. The van der Waals surface area contributed by atoms with E-state index in [4.69, 9.17) is 17.7 Å². The Labute approximate surface area is 202 Å². The lowest BCUT2D eigenvalue weighted by atomic mass is 9.89. The van der Waals surface area contributed by atoms with Gasteiger partial charge in [-0.05, 0) is 77.0 Å². The van der Waals surface area contributed by atoms with Gasteiger partial charge in [0.25, 0.3) is 0 Å². The molecule has 186 valence electrons. The maximum Gasteiger partial charge on any atom is 0.500 e. The SMILES string of the molecule is CCO[Si](CCCCC(=O)c1cc2cc3c4c(c2oc1=O)CCCN4CCC3)(OCC)OCC. The summed E-state index contributed by atoms with van der Waals surface area (Å²) in [7, 11) is -2.71. The number of rotatable bonds is 12. The van der Waals surface area contributed by atoms with Gasteiger partial charge in [0.1, 0.15) is 11.1 Å². The van der Waals surface area contributed by atoms with Gasteiger partial charge in [0.15, 0.2) is 5.78 Å². The van der Waals surface area contributed by atoms with Crippen molar-refractivity contribution in [2.75, 3.05) is 37.8 Å². The van der Waals surface area contributed by atoms with Crippen molar-refractivity contribution in [1.82, 2.24) is 0 Å². The summed E-state index contributed by atoms with van der Waals surface area (Å²) in [5.74, 6) is -0.167. The molecule has 0 amide bonds. The summed E-state index contributed by atoms with van der Waals surface area (Å²) in [6.45, 7) is 9.53. The molecule has 2 aromatic rings. The molecule has 0 radical (unpaired) electrons. The van der Waals surface area contributed by atoms with E-state index in [0.29, 0.717) is 37.9 Å². The summed E-state index contributed by atoms with van der Waals surface area (Å²) in [6, 6.07) is 4.54. The molecule has 3 heterocycles. The van der Waals surface area contributed by atoms with E-state index < -0.39 is 14.4 Å². The highest BCUT2D eigenvalue weighted by Gasteiger charge is 2.39. The van der Waals surface area contributed by atoms with E-state index >= 15 is 0 Å². The van der Waals surface area contributed by atoms with Crippen molar-refractivity contribution in [2.45, 2.75) is 71.8 Å². The Hall–Kier alpha value is -2.00. The number of anilines is 1. The van der Waals surface area contributed by atoms with E-state index in [0.717, 1.165) is 56.1 Å². The highest BCUT2D eigenvalue weighted by molar-refractivity contribution is 6.60. The van der Waals surface area contributed by atoms with Gasteiger partial charge in [-0.15, -0.1) is 0 Å². The summed E-state index contributed by atoms with van der Waals surface area (Å²) in [4.78, 5) is 28.2. The summed E-state index contributed by atoms with van der Waals surface area (Å²) in [5.41, 5.74) is 4.00. The van der Waals surface area contributed by atoms with Gasteiger partial charge in [-0.25, -0.2) is 4.79 Å². The van der Waals surface area contributed by atoms with Gasteiger partial charge in [0.2, 0.25) is 0 Å². The standard InChI is InChI=1S/C26H37NO6Si/c1-4-30-34(31-5-2,32-6-3)16-8-7-13-23(28)22-18-20-17-19-11-9-14-27-15-10-12-21(24(19)27)25(20)33-26(22)29/h17-18H,4-16H2,1-3H3. The van der Waals surface area contributed by atoms with Gasteiger partial charge >= 0.3 is 14.4 Å². The van der Waals surface area contributed by atoms with Crippen LogP contribution in [0, 0.1) is 0 Å². The van der Waals surface area contributed by atoms with Crippen LogP contribution >= 0.6 is 0 Å². The van der Waals surface area contributed by atoms with E-state index in [-0.39, 0.29) is 17.8 Å². The van der Waals surface area contributed by atoms with Crippen molar-refractivity contribution >= 4 is 31.2 Å². The largest absolute Gasteiger partial charge is 0.500 e. The molecule has 0 saturated carbocycles. The fourth-order valence-electron chi connectivity index (χ4n) is 5.40. The number of nitrogens with zero attached hydrogens (tertiary/aromatic N) is 1. The van der Waals surface area contributed by atoms with Gasteiger partial charge in [-0.1, -0.05) is 0 Å².